The first kappa shape index (κ1) is 11.9. The standard InChI is InChI=1S/C14H16N4O/c1-9(8-19-2)18-13-10-5-3-4-6-11(10)16-7-12(13)17-14(18)15/h3-7,9H,8H2,1-2H3,(H2,15,17). The number of rotatable bonds is 3. The molecule has 1 atom stereocenters. The second-order valence-corrected chi connectivity index (χ2v) is 4.65. The predicted octanol–water partition coefficient (Wildman–Crippen LogP) is 2.37. The van der Waals surface area contributed by atoms with Crippen molar-refractivity contribution in [1.82, 2.24) is 14.5 Å². The Labute approximate surface area is 111 Å². The normalized spacial score (nSPS) is 13.2. The molecule has 5 heteroatoms. The van der Waals surface area contributed by atoms with E-state index in [0.29, 0.717) is 12.6 Å². The van der Waals surface area contributed by atoms with E-state index in [1.54, 1.807) is 13.3 Å². The lowest BCUT2D eigenvalue weighted by molar-refractivity contribution is 0.164. The van der Waals surface area contributed by atoms with Crippen LogP contribution >= 0.6 is 0 Å². The van der Waals surface area contributed by atoms with E-state index in [1.165, 1.54) is 0 Å². The first-order valence-electron chi connectivity index (χ1n) is 6.22. The number of para-hydroxylation sites is 1. The number of nitrogens with zero attached hydrogens (tertiary/aromatic N) is 3. The summed E-state index contributed by atoms with van der Waals surface area (Å²) in [6.45, 7) is 2.66. The van der Waals surface area contributed by atoms with Gasteiger partial charge in [-0.15, -0.1) is 0 Å². The van der Waals surface area contributed by atoms with Crippen molar-refractivity contribution in [3.8, 4) is 0 Å². The smallest absolute Gasteiger partial charge is 0.201 e. The van der Waals surface area contributed by atoms with Crippen LogP contribution in [-0.2, 0) is 4.74 Å². The van der Waals surface area contributed by atoms with Gasteiger partial charge < -0.3 is 15.0 Å². The van der Waals surface area contributed by atoms with E-state index < -0.39 is 0 Å². The van der Waals surface area contributed by atoms with Gasteiger partial charge in [0.1, 0.15) is 5.52 Å². The van der Waals surface area contributed by atoms with Gasteiger partial charge in [-0.05, 0) is 13.0 Å². The van der Waals surface area contributed by atoms with Gasteiger partial charge in [0.2, 0.25) is 5.95 Å². The van der Waals surface area contributed by atoms with Gasteiger partial charge >= 0.3 is 0 Å². The van der Waals surface area contributed by atoms with Gasteiger partial charge in [0.05, 0.1) is 29.9 Å². The van der Waals surface area contributed by atoms with Crippen LogP contribution in [0.4, 0.5) is 5.95 Å². The van der Waals surface area contributed by atoms with Crippen molar-refractivity contribution in [2.45, 2.75) is 13.0 Å². The fourth-order valence-corrected chi connectivity index (χ4v) is 2.51. The van der Waals surface area contributed by atoms with Crippen LogP contribution in [0.2, 0.25) is 0 Å². The van der Waals surface area contributed by atoms with Crippen molar-refractivity contribution in [3.05, 3.63) is 30.5 Å². The Bertz CT molecular complexity index is 735. The first-order chi connectivity index (χ1) is 9.22. The molecule has 3 rings (SSSR count). The summed E-state index contributed by atoms with van der Waals surface area (Å²) >= 11 is 0. The molecule has 0 radical (unpaired) electrons. The molecule has 1 unspecified atom stereocenters. The van der Waals surface area contributed by atoms with Crippen LogP contribution in [0, 0.1) is 0 Å². The molecule has 0 spiro atoms. The molecule has 2 heterocycles. The quantitative estimate of drug-likeness (QED) is 0.781. The number of fused-ring (bicyclic) bond motifs is 3. The van der Waals surface area contributed by atoms with Crippen molar-refractivity contribution in [1.29, 1.82) is 0 Å². The first-order valence-corrected chi connectivity index (χ1v) is 6.22. The van der Waals surface area contributed by atoms with Crippen molar-refractivity contribution in [3.63, 3.8) is 0 Å². The minimum absolute atomic E-state index is 0.126. The topological polar surface area (TPSA) is 66.0 Å². The van der Waals surface area contributed by atoms with Gasteiger partial charge in [0.15, 0.2) is 0 Å². The third kappa shape index (κ3) is 1.82. The van der Waals surface area contributed by atoms with Crippen LogP contribution < -0.4 is 5.73 Å². The molecule has 0 amide bonds. The second kappa shape index (κ2) is 4.51. The lowest BCUT2D eigenvalue weighted by atomic mass is 10.2. The average Bonchev–Trinajstić information content (AvgIpc) is 2.75. The molecule has 0 aliphatic rings. The molecule has 0 saturated heterocycles. The van der Waals surface area contributed by atoms with Crippen LogP contribution in [0.3, 0.4) is 0 Å². The average molecular weight is 256 g/mol. The number of nitrogens with two attached hydrogens (primary N) is 1. The van der Waals surface area contributed by atoms with Crippen LogP contribution in [0.1, 0.15) is 13.0 Å². The Balaban J connectivity index is 2.36. The summed E-state index contributed by atoms with van der Waals surface area (Å²) in [6, 6.07) is 8.13. The van der Waals surface area contributed by atoms with Gasteiger partial charge in [-0.1, -0.05) is 18.2 Å². The number of anilines is 1. The summed E-state index contributed by atoms with van der Waals surface area (Å²) in [7, 11) is 1.69. The molecule has 0 saturated carbocycles. The largest absolute Gasteiger partial charge is 0.383 e. The summed E-state index contributed by atoms with van der Waals surface area (Å²) in [5.74, 6) is 0.498. The van der Waals surface area contributed by atoms with Gasteiger partial charge in [0.25, 0.3) is 0 Å². The highest BCUT2D eigenvalue weighted by atomic mass is 16.5. The number of ether oxygens (including phenoxy) is 1. The van der Waals surface area contributed by atoms with E-state index in [-0.39, 0.29) is 6.04 Å². The third-order valence-corrected chi connectivity index (χ3v) is 3.30. The summed E-state index contributed by atoms with van der Waals surface area (Å²) in [4.78, 5) is 8.80. The Morgan fingerprint density at radius 1 is 1.32 bits per heavy atom. The number of hydrogen-bond donors (Lipinski definition) is 1. The molecule has 1 aromatic carbocycles. The second-order valence-electron chi connectivity index (χ2n) is 4.65. The summed E-state index contributed by atoms with van der Waals surface area (Å²) < 4.78 is 7.24. The molecular weight excluding hydrogens is 240 g/mol. The van der Waals surface area contributed by atoms with Gasteiger partial charge in [0, 0.05) is 12.5 Å². The van der Waals surface area contributed by atoms with Crippen LogP contribution in [0.5, 0.6) is 0 Å². The van der Waals surface area contributed by atoms with E-state index in [2.05, 4.69) is 16.9 Å². The highest BCUT2D eigenvalue weighted by molar-refractivity contribution is 6.03. The molecule has 0 fully saturated rings. The summed E-state index contributed by atoms with van der Waals surface area (Å²) in [5.41, 5.74) is 8.83. The molecule has 5 nitrogen and oxygen atoms in total. The molecule has 0 bridgehead atoms. The minimum atomic E-state index is 0.126. The van der Waals surface area contributed by atoms with Crippen LogP contribution in [-0.4, -0.2) is 28.3 Å². The maximum Gasteiger partial charge on any atom is 0.201 e. The summed E-state index contributed by atoms with van der Waals surface area (Å²) in [6.07, 6.45) is 1.77. The van der Waals surface area contributed by atoms with Gasteiger partial charge in [-0.25, -0.2) is 4.98 Å². The van der Waals surface area contributed by atoms with E-state index in [4.69, 9.17) is 10.5 Å². The number of aromatic nitrogens is 3. The lowest BCUT2D eigenvalue weighted by Crippen LogP contribution is -2.13. The Hall–Kier alpha value is -2.14. The number of imidazole rings is 1. The van der Waals surface area contributed by atoms with Crippen molar-refractivity contribution in [2.24, 2.45) is 0 Å². The molecular formula is C14H16N4O. The molecule has 98 valence electrons. The predicted molar refractivity (Wildman–Crippen MR) is 76.0 cm³/mol. The lowest BCUT2D eigenvalue weighted by Gasteiger charge is -2.15. The third-order valence-electron chi connectivity index (χ3n) is 3.30. The minimum Gasteiger partial charge on any atom is -0.383 e. The fraction of sp³-hybridized carbons (Fsp3) is 0.286. The van der Waals surface area contributed by atoms with Gasteiger partial charge in [-0.2, -0.15) is 0 Å². The molecule has 0 aliphatic heterocycles. The highest BCUT2D eigenvalue weighted by Gasteiger charge is 2.16. The zero-order valence-corrected chi connectivity index (χ0v) is 11.0. The maximum absolute atomic E-state index is 6.04. The van der Waals surface area contributed by atoms with E-state index in [0.717, 1.165) is 21.9 Å². The molecule has 0 aliphatic carbocycles. The van der Waals surface area contributed by atoms with E-state index in [9.17, 15) is 0 Å². The monoisotopic (exact) mass is 256 g/mol. The molecule has 2 aromatic heterocycles. The zero-order valence-electron chi connectivity index (χ0n) is 11.0. The molecule has 3 aromatic rings. The number of benzene rings is 1. The molecule has 19 heavy (non-hydrogen) atoms. The van der Waals surface area contributed by atoms with E-state index in [1.807, 2.05) is 28.8 Å². The maximum atomic E-state index is 6.04. The Morgan fingerprint density at radius 3 is 2.89 bits per heavy atom. The van der Waals surface area contributed by atoms with Crippen LogP contribution in [0.25, 0.3) is 21.9 Å². The van der Waals surface area contributed by atoms with Crippen LogP contribution in [0.15, 0.2) is 30.5 Å². The number of nitrogen functional groups attached to an aromatic ring is 1. The Morgan fingerprint density at radius 2 is 2.11 bits per heavy atom. The highest BCUT2D eigenvalue weighted by Crippen LogP contribution is 2.28. The summed E-state index contributed by atoms with van der Waals surface area (Å²) in [5, 5.41) is 1.06. The van der Waals surface area contributed by atoms with E-state index >= 15 is 0 Å². The van der Waals surface area contributed by atoms with Crippen molar-refractivity contribution < 1.29 is 4.74 Å². The Kier molecular flexibility index (Phi) is 2.83. The van der Waals surface area contributed by atoms with Crippen molar-refractivity contribution in [2.75, 3.05) is 19.5 Å². The fourth-order valence-electron chi connectivity index (χ4n) is 2.51. The number of hydrogen-bond acceptors (Lipinski definition) is 4. The van der Waals surface area contributed by atoms with Gasteiger partial charge in [-0.3, -0.25) is 4.98 Å². The number of methoxy groups -OCH3 is 1. The SMILES string of the molecule is COCC(C)n1c(N)nc2cnc3ccccc3c21. The zero-order chi connectivity index (χ0) is 13.4. The number of pyridine rings is 1. The van der Waals surface area contributed by atoms with Crippen molar-refractivity contribution >= 4 is 27.9 Å². The molecule has 2 N–H and O–H groups in total.